The average Bonchev–Trinajstić information content (AvgIpc) is 3.25. The van der Waals surface area contributed by atoms with Gasteiger partial charge in [0.05, 0.1) is 20.0 Å². The number of ether oxygens (including phenoxy) is 2. The van der Waals surface area contributed by atoms with Gasteiger partial charge in [-0.05, 0) is 35.7 Å². The van der Waals surface area contributed by atoms with Gasteiger partial charge in [-0.15, -0.1) is 10.2 Å². The molecule has 0 spiro atoms. The molecule has 1 aliphatic rings. The van der Waals surface area contributed by atoms with Crippen molar-refractivity contribution in [1.82, 2.24) is 15.1 Å². The summed E-state index contributed by atoms with van der Waals surface area (Å²) in [4.78, 5) is 14.5. The van der Waals surface area contributed by atoms with E-state index >= 15 is 0 Å². The largest absolute Gasteiger partial charge is 0.493 e. The standard InChI is InChI=1S/C21H21N3O4S/c1-26-17-8-7-15(11-18(17)27-2)20-22-23-21(28-20)29-13-19(25)24-10-9-14-5-3-4-6-16(14)12-24/h3-8,11H,9-10,12-13H2,1-2H3. The highest BCUT2D eigenvalue weighted by molar-refractivity contribution is 7.99. The van der Waals surface area contributed by atoms with Crippen LogP contribution in [0.2, 0.25) is 0 Å². The molecule has 1 amide bonds. The lowest BCUT2D eigenvalue weighted by Gasteiger charge is -2.28. The van der Waals surface area contributed by atoms with Gasteiger partial charge in [0.15, 0.2) is 11.5 Å². The predicted molar refractivity (Wildman–Crippen MR) is 109 cm³/mol. The molecular weight excluding hydrogens is 390 g/mol. The van der Waals surface area contributed by atoms with Crippen molar-refractivity contribution in [2.45, 2.75) is 18.2 Å². The third-order valence-electron chi connectivity index (χ3n) is 4.84. The number of carbonyl (C=O) groups excluding carboxylic acids is 1. The summed E-state index contributed by atoms with van der Waals surface area (Å²) in [6.07, 6.45) is 0.886. The Hall–Kier alpha value is -3.00. The maximum atomic E-state index is 12.6. The Balaban J connectivity index is 1.38. The van der Waals surface area contributed by atoms with Crippen LogP contribution in [0.5, 0.6) is 11.5 Å². The van der Waals surface area contributed by atoms with Crippen LogP contribution in [0.25, 0.3) is 11.5 Å². The number of nitrogens with zero attached hydrogens (tertiary/aromatic N) is 3. The number of carbonyl (C=O) groups is 1. The second-order valence-corrected chi connectivity index (χ2v) is 7.49. The first-order chi connectivity index (χ1) is 14.2. The molecule has 29 heavy (non-hydrogen) atoms. The van der Waals surface area contributed by atoms with Crippen LogP contribution < -0.4 is 9.47 Å². The monoisotopic (exact) mass is 411 g/mol. The van der Waals surface area contributed by atoms with E-state index in [-0.39, 0.29) is 11.7 Å². The summed E-state index contributed by atoms with van der Waals surface area (Å²) in [6.45, 7) is 1.38. The first-order valence-electron chi connectivity index (χ1n) is 9.21. The van der Waals surface area contributed by atoms with Gasteiger partial charge in [-0.25, -0.2) is 0 Å². The van der Waals surface area contributed by atoms with Crippen molar-refractivity contribution in [3.8, 4) is 23.0 Å². The second-order valence-electron chi connectivity index (χ2n) is 6.57. The van der Waals surface area contributed by atoms with Crippen LogP contribution in [0.1, 0.15) is 11.1 Å². The Morgan fingerprint density at radius 1 is 1.10 bits per heavy atom. The molecule has 0 saturated heterocycles. The third-order valence-corrected chi connectivity index (χ3v) is 5.64. The number of rotatable bonds is 6. The smallest absolute Gasteiger partial charge is 0.277 e. The Morgan fingerprint density at radius 2 is 1.90 bits per heavy atom. The summed E-state index contributed by atoms with van der Waals surface area (Å²) in [5, 5.41) is 8.49. The van der Waals surface area contributed by atoms with E-state index < -0.39 is 0 Å². The molecule has 2 aromatic carbocycles. The minimum Gasteiger partial charge on any atom is -0.493 e. The van der Waals surface area contributed by atoms with E-state index in [4.69, 9.17) is 13.9 Å². The Kier molecular flexibility index (Phi) is 5.71. The molecule has 0 fully saturated rings. The van der Waals surface area contributed by atoms with Crippen molar-refractivity contribution in [3.63, 3.8) is 0 Å². The molecule has 0 N–H and O–H groups in total. The lowest BCUT2D eigenvalue weighted by Crippen LogP contribution is -2.37. The quantitative estimate of drug-likeness (QED) is 0.575. The normalized spacial score (nSPS) is 13.1. The topological polar surface area (TPSA) is 77.7 Å². The molecule has 8 heteroatoms. The molecule has 2 heterocycles. The van der Waals surface area contributed by atoms with Gasteiger partial charge in [-0.2, -0.15) is 0 Å². The van der Waals surface area contributed by atoms with Gasteiger partial charge >= 0.3 is 0 Å². The summed E-state index contributed by atoms with van der Waals surface area (Å²) in [6, 6.07) is 13.6. The SMILES string of the molecule is COc1ccc(-c2nnc(SCC(=O)N3CCc4ccccc4C3)o2)cc1OC. The maximum Gasteiger partial charge on any atom is 0.277 e. The minimum absolute atomic E-state index is 0.0652. The number of methoxy groups -OCH3 is 2. The van der Waals surface area contributed by atoms with Gasteiger partial charge in [0.2, 0.25) is 11.8 Å². The molecule has 0 atom stereocenters. The fraction of sp³-hybridized carbons (Fsp3) is 0.286. The van der Waals surface area contributed by atoms with Crippen molar-refractivity contribution >= 4 is 17.7 Å². The Morgan fingerprint density at radius 3 is 2.69 bits per heavy atom. The number of thioether (sulfide) groups is 1. The van der Waals surface area contributed by atoms with Crippen molar-refractivity contribution in [2.24, 2.45) is 0 Å². The zero-order valence-corrected chi connectivity index (χ0v) is 17.1. The van der Waals surface area contributed by atoms with Gasteiger partial charge in [0, 0.05) is 18.7 Å². The van der Waals surface area contributed by atoms with E-state index in [2.05, 4.69) is 22.3 Å². The molecule has 0 aliphatic carbocycles. The third kappa shape index (κ3) is 4.22. The molecule has 7 nitrogen and oxygen atoms in total. The number of hydrogen-bond acceptors (Lipinski definition) is 7. The van der Waals surface area contributed by atoms with E-state index in [1.54, 1.807) is 26.4 Å². The van der Waals surface area contributed by atoms with E-state index in [0.717, 1.165) is 18.5 Å². The summed E-state index contributed by atoms with van der Waals surface area (Å²) >= 11 is 1.25. The predicted octanol–water partition coefficient (Wildman–Crippen LogP) is 3.43. The van der Waals surface area contributed by atoms with Gasteiger partial charge < -0.3 is 18.8 Å². The van der Waals surface area contributed by atoms with Crippen molar-refractivity contribution in [2.75, 3.05) is 26.5 Å². The highest BCUT2D eigenvalue weighted by Gasteiger charge is 2.21. The fourth-order valence-electron chi connectivity index (χ4n) is 3.28. The molecule has 0 saturated carbocycles. The summed E-state index contributed by atoms with van der Waals surface area (Å²) in [5.41, 5.74) is 3.26. The van der Waals surface area contributed by atoms with Crippen LogP contribution in [-0.4, -0.2) is 47.5 Å². The van der Waals surface area contributed by atoms with E-state index in [1.165, 1.54) is 22.9 Å². The molecule has 0 unspecified atom stereocenters. The second kappa shape index (κ2) is 8.57. The summed E-state index contributed by atoms with van der Waals surface area (Å²) in [7, 11) is 3.15. The lowest BCUT2D eigenvalue weighted by atomic mass is 10.00. The van der Waals surface area contributed by atoms with Gasteiger partial charge in [0.25, 0.3) is 5.22 Å². The van der Waals surface area contributed by atoms with E-state index in [0.29, 0.717) is 29.2 Å². The number of fused-ring (bicyclic) bond motifs is 1. The van der Waals surface area contributed by atoms with E-state index in [9.17, 15) is 4.79 Å². The van der Waals surface area contributed by atoms with Crippen LogP contribution in [0.15, 0.2) is 52.1 Å². The van der Waals surface area contributed by atoms with Crippen LogP contribution in [0.3, 0.4) is 0 Å². The first-order valence-corrected chi connectivity index (χ1v) is 10.2. The number of amides is 1. The highest BCUT2D eigenvalue weighted by atomic mass is 32.2. The number of hydrogen-bond donors (Lipinski definition) is 0. The number of benzene rings is 2. The molecule has 1 aromatic heterocycles. The average molecular weight is 411 g/mol. The van der Waals surface area contributed by atoms with Gasteiger partial charge in [0.1, 0.15) is 0 Å². The van der Waals surface area contributed by atoms with Crippen LogP contribution in [-0.2, 0) is 17.8 Å². The highest BCUT2D eigenvalue weighted by Crippen LogP contribution is 2.32. The molecule has 0 bridgehead atoms. The Bertz CT molecular complexity index is 1020. The molecular formula is C21H21N3O4S. The summed E-state index contributed by atoms with van der Waals surface area (Å²) in [5.74, 6) is 1.90. The van der Waals surface area contributed by atoms with Gasteiger partial charge in [-0.1, -0.05) is 36.0 Å². The van der Waals surface area contributed by atoms with Crippen molar-refractivity contribution in [1.29, 1.82) is 0 Å². The number of aromatic nitrogens is 2. The van der Waals surface area contributed by atoms with Crippen LogP contribution in [0, 0.1) is 0 Å². The van der Waals surface area contributed by atoms with E-state index in [1.807, 2.05) is 23.1 Å². The zero-order valence-electron chi connectivity index (χ0n) is 16.3. The molecule has 3 aromatic rings. The summed E-state index contributed by atoms with van der Waals surface area (Å²) < 4.78 is 16.3. The minimum atomic E-state index is 0.0652. The lowest BCUT2D eigenvalue weighted by molar-refractivity contribution is -0.129. The molecule has 0 radical (unpaired) electrons. The fourth-order valence-corrected chi connectivity index (χ4v) is 3.94. The van der Waals surface area contributed by atoms with Crippen molar-refractivity contribution in [3.05, 3.63) is 53.6 Å². The van der Waals surface area contributed by atoms with Crippen LogP contribution >= 0.6 is 11.8 Å². The zero-order chi connectivity index (χ0) is 20.2. The van der Waals surface area contributed by atoms with Crippen molar-refractivity contribution < 1.29 is 18.7 Å². The molecule has 4 rings (SSSR count). The molecule has 1 aliphatic heterocycles. The maximum absolute atomic E-state index is 12.6. The Labute approximate surface area is 173 Å². The van der Waals surface area contributed by atoms with Crippen LogP contribution in [0.4, 0.5) is 0 Å². The van der Waals surface area contributed by atoms with Gasteiger partial charge in [-0.3, -0.25) is 4.79 Å². The first kappa shape index (κ1) is 19.3. The molecule has 150 valence electrons.